The van der Waals surface area contributed by atoms with Crippen LogP contribution in [0.4, 0.5) is 13.2 Å². The molecule has 2 rings (SSSR count). The molecule has 0 aromatic heterocycles. The Labute approximate surface area is 155 Å². The number of halogens is 3. The highest BCUT2D eigenvalue weighted by molar-refractivity contribution is 5.98. The molecule has 0 aliphatic carbocycles. The lowest BCUT2D eigenvalue weighted by Gasteiger charge is -2.21. The molecule has 0 radical (unpaired) electrons. The monoisotopic (exact) mass is 383 g/mol. The van der Waals surface area contributed by atoms with Crippen LogP contribution in [0.1, 0.15) is 21.5 Å². The van der Waals surface area contributed by atoms with E-state index in [0.717, 1.165) is 12.1 Å². The van der Waals surface area contributed by atoms with E-state index in [2.05, 4.69) is 0 Å². The molecule has 0 fully saturated rings. The molecule has 0 saturated carbocycles. The molecule has 0 aliphatic rings. The largest absolute Gasteiger partial charge is 0.493 e. The first kappa shape index (κ1) is 20.4. The van der Waals surface area contributed by atoms with Crippen molar-refractivity contribution in [3.63, 3.8) is 0 Å². The first-order chi connectivity index (χ1) is 12.7. The fraction of sp³-hybridized carbons (Fsp3) is 0.316. The molecule has 0 heterocycles. The van der Waals surface area contributed by atoms with Crippen LogP contribution in [0.2, 0.25) is 0 Å². The van der Waals surface area contributed by atoms with Gasteiger partial charge in [-0.05, 0) is 29.8 Å². The molecule has 0 spiro atoms. The van der Waals surface area contributed by atoms with Gasteiger partial charge in [-0.3, -0.25) is 4.79 Å². The van der Waals surface area contributed by atoms with Crippen LogP contribution in [-0.2, 0) is 12.7 Å². The highest BCUT2D eigenvalue weighted by Gasteiger charge is 2.30. The number of benzene rings is 2. The molecule has 146 valence electrons. The number of amides is 1. The van der Waals surface area contributed by atoms with E-state index in [-0.39, 0.29) is 23.6 Å². The summed E-state index contributed by atoms with van der Waals surface area (Å²) >= 11 is 0. The highest BCUT2D eigenvalue weighted by atomic mass is 19.4. The molecule has 0 N–H and O–H groups in total. The zero-order valence-electron chi connectivity index (χ0n) is 15.4. The lowest BCUT2D eigenvalue weighted by Crippen LogP contribution is -2.27. The lowest BCUT2D eigenvalue weighted by atomic mass is 10.1. The number of hydrogen-bond acceptors (Lipinski definition) is 4. The maximum absolute atomic E-state index is 12.9. The molecule has 27 heavy (non-hydrogen) atoms. The molecular weight excluding hydrogens is 363 g/mol. The van der Waals surface area contributed by atoms with Gasteiger partial charge < -0.3 is 19.1 Å². The molecule has 2 aromatic rings. The van der Waals surface area contributed by atoms with E-state index < -0.39 is 17.6 Å². The van der Waals surface area contributed by atoms with E-state index in [0.29, 0.717) is 11.3 Å². The van der Waals surface area contributed by atoms with Crippen molar-refractivity contribution in [1.82, 2.24) is 4.90 Å². The van der Waals surface area contributed by atoms with Crippen molar-refractivity contribution in [3.8, 4) is 17.2 Å². The zero-order chi connectivity index (χ0) is 20.2. The summed E-state index contributed by atoms with van der Waals surface area (Å²) in [4.78, 5) is 14.1. The van der Waals surface area contributed by atoms with E-state index in [1.54, 1.807) is 6.07 Å². The number of methoxy groups -OCH3 is 3. The van der Waals surface area contributed by atoms with Crippen molar-refractivity contribution < 1.29 is 32.2 Å². The molecule has 5 nitrogen and oxygen atoms in total. The van der Waals surface area contributed by atoms with Crippen LogP contribution in [0.15, 0.2) is 36.4 Å². The molecule has 8 heteroatoms. The number of rotatable bonds is 6. The molecular formula is C19H20F3NO4. The highest BCUT2D eigenvalue weighted by Crippen LogP contribution is 2.40. The first-order valence-corrected chi connectivity index (χ1v) is 7.93. The van der Waals surface area contributed by atoms with Crippen LogP contribution in [0.5, 0.6) is 17.2 Å². The van der Waals surface area contributed by atoms with E-state index >= 15 is 0 Å². The van der Waals surface area contributed by atoms with Crippen LogP contribution < -0.4 is 14.2 Å². The van der Waals surface area contributed by atoms with Gasteiger partial charge in [0.1, 0.15) is 0 Å². The first-order valence-electron chi connectivity index (χ1n) is 7.93. The Morgan fingerprint density at radius 2 is 1.67 bits per heavy atom. The Bertz CT molecular complexity index is 821. The SMILES string of the molecule is COc1ccc(C(=O)N(C)Cc2cccc(C(F)(F)F)c2)c(OC)c1OC. The van der Waals surface area contributed by atoms with Gasteiger partial charge in [-0.2, -0.15) is 13.2 Å². The van der Waals surface area contributed by atoms with Gasteiger partial charge in [-0.1, -0.05) is 12.1 Å². The van der Waals surface area contributed by atoms with Gasteiger partial charge >= 0.3 is 6.18 Å². The van der Waals surface area contributed by atoms with Crippen LogP contribution in [0.3, 0.4) is 0 Å². The summed E-state index contributed by atoms with van der Waals surface area (Å²) in [5.74, 6) is 0.424. The summed E-state index contributed by atoms with van der Waals surface area (Å²) in [6.45, 7) is 0.000250. The topological polar surface area (TPSA) is 48.0 Å². The number of carbonyl (C=O) groups excluding carboxylic acids is 1. The van der Waals surface area contributed by atoms with Gasteiger partial charge in [0, 0.05) is 13.6 Å². The van der Waals surface area contributed by atoms with Gasteiger partial charge in [0.25, 0.3) is 5.91 Å². The summed E-state index contributed by atoms with van der Waals surface area (Å²) in [5.41, 5.74) is -0.186. The molecule has 0 unspecified atom stereocenters. The predicted molar refractivity (Wildman–Crippen MR) is 93.3 cm³/mol. The Hall–Kier alpha value is -2.90. The van der Waals surface area contributed by atoms with Gasteiger partial charge in [-0.25, -0.2) is 0 Å². The van der Waals surface area contributed by atoms with E-state index in [1.807, 2.05) is 0 Å². The smallest absolute Gasteiger partial charge is 0.416 e. The van der Waals surface area contributed by atoms with Crippen LogP contribution in [0, 0.1) is 0 Å². The normalized spacial score (nSPS) is 11.1. The molecule has 0 atom stereocenters. The number of carbonyl (C=O) groups is 1. The summed E-state index contributed by atoms with van der Waals surface area (Å²) in [6, 6.07) is 7.94. The van der Waals surface area contributed by atoms with Gasteiger partial charge in [0.15, 0.2) is 11.5 Å². The quantitative estimate of drug-likeness (QED) is 0.757. The zero-order valence-corrected chi connectivity index (χ0v) is 15.4. The Kier molecular flexibility index (Phi) is 6.20. The second-order valence-corrected chi connectivity index (χ2v) is 5.74. The average molecular weight is 383 g/mol. The second kappa shape index (κ2) is 8.20. The van der Waals surface area contributed by atoms with E-state index in [9.17, 15) is 18.0 Å². The summed E-state index contributed by atoms with van der Waals surface area (Å²) in [7, 11) is 5.76. The van der Waals surface area contributed by atoms with Crippen molar-refractivity contribution in [2.45, 2.75) is 12.7 Å². The van der Waals surface area contributed by atoms with Crippen molar-refractivity contribution in [2.24, 2.45) is 0 Å². The molecule has 2 aromatic carbocycles. The summed E-state index contributed by atoms with van der Waals surface area (Å²) in [6.07, 6.45) is -4.44. The third kappa shape index (κ3) is 4.45. The second-order valence-electron chi connectivity index (χ2n) is 5.74. The minimum Gasteiger partial charge on any atom is -0.493 e. The molecule has 0 bridgehead atoms. The predicted octanol–water partition coefficient (Wildman–Crippen LogP) is 4.00. The standard InChI is InChI=1S/C19H20F3NO4/c1-23(11-12-6-5-7-13(10-12)19(20,21)22)18(24)14-8-9-15(25-2)17(27-4)16(14)26-3/h5-10H,11H2,1-4H3. The van der Waals surface area contributed by atoms with Crippen LogP contribution >= 0.6 is 0 Å². The molecule has 0 aliphatic heterocycles. The minimum atomic E-state index is -4.44. The van der Waals surface area contributed by atoms with Gasteiger partial charge in [-0.15, -0.1) is 0 Å². The fourth-order valence-corrected chi connectivity index (χ4v) is 2.67. The van der Waals surface area contributed by atoms with Crippen molar-refractivity contribution in [2.75, 3.05) is 28.4 Å². The lowest BCUT2D eigenvalue weighted by molar-refractivity contribution is -0.137. The Morgan fingerprint density at radius 3 is 2.22 bits per heavy atom. The third-order valence-electron chi connectivity index (χ3n) is 3.96. The molecule has 1 amide bonds. The maximum atomic E-state index is 12.9. The molecule has 0 saturated heterocycles. The van der Waals surface area contributed by atoms with Crippen LogP contribution in [-0.4, -0.2) is 39.2 Å². The van der Waals surface area contributed by atoms with E-state index in [1.165, 1.54) is 51.5 Å². The van der Waals surface area contributed by atoms with Crippen molar-refractivity contribution >= 4 is 5.91 Å². The fourth-order valence-electron chi connectivity index (χ4n) is 2.67. The minimum absolute atomic E-state index is 0.000250. The number of alkyl halides is 3. The number of ether oxygens (including phenoxy) is 3. The number of hydrogen-bond donors (Lipinski definition) is 0. The summed E-state index contributed by atoms with van der Waals surface area (Å²) < 4.78 is 54.3. The van der Waals surface area contributed by atoms with E-state index in [4.69, 9.17) is 14.2 Å². The number of nitrogens with zero attached hydrogens (tertiary/aromatic N) is 1. The maximum Gasteiger partial charge on any atom is 0.416 e. The van der Waals surface area contributed by atoms with Crippen LogP contribution in [0.25, 0.3) is 0 Å². The Morgan fingerprint density at radius 1 is 1.00 bits per heavy atom. The van der Waals surface area contributed by atoms with Gasteiger partial charge in [0.05, 0.1) is 32.5 Å². The average Bonchev–Trinajstić information content (AvgIpc) is 2.65. The summed E-state index contributed by atoms with van der Waals surface area (Å²) in [5, 5.41) is 0. The van der Waals surface area contributed by atoms with Gasteiger partial charge in [0.2, 0.25) is 5.75 Å². The van der Waals surface area contributed by atoms with Crippen molar-refractivity contribution in [3.05, 3.63) is 53.1 Å². The van der Waals surface area contributed by atoms with Crippen molar-refractivity contribution in [1.29, 1.82) is 0 Å². The third-order valence-corrected chi connectivity index (χ3v) is 3.96. The Balaban J connectivity index is 2.31.